The van der Waals surface area contributed by atoms with Gasteiger partial charge in [0.2, 0.25) is 0 Å². The van der Waals surface area contributed by atoms with Gasteiger partial charge in [-0.2, -0.15) is 0 Å². The van der Waals surface area contributed by atoms with Gasteiger partial charge in [0, 0.05) is 6.42 Å². The lowest BCUT2D eigenvalue weighted by Gasteiger charge is -2.15. The molecular weight excluding hydrogens is 168 g/mol. The number of hydrogen-bond acceptors (Lipinski definition) is 2. The third-order valence-corrected chi connectivity index (χ3v) is 2.41. The summed E-state index contributed by atoms with van der Waals surface area (Å²) in [6.45, 7) is 8.66. The summed E-state index contributed by atoms with van der Waals surface area (Å²) in [6, 6.07) is 0. The van der Waals surface area contributed by atoms with Crippen molar-refractivity contribution in [2.45, 2.75) is 45.8 Å². The molecule has 0 N–H and O–H groups in total. The molecule has 3 heteroatoms. The molecule has 0 rings (SSSR count). The Hall–Kier alpha value is -0.313. The molecule has 0 heterocycles. The van der Waals surface area contributed by atoms with E-state index in [1.165, 1.54) is 0 Å². The van der Waals surface area contributed by atoms with Crippen molar-refractivity contribution in [1.82, 2.24) is 0 Å². The first kappa shape index (κ1) is 11.7. The fourth-order valence-corrected chi connectivity index (χ4v) is 1.28. The van der Waals surface area contributed by atoms with Gasteiger partial charge in [0.05, 0.1) is 14.3 Å². The highest BCUT2D eigenvalue weighted by Gasteiger charge is 2.15. The van der Waals surface area contributed by atoms with Crippen molar-refractivity contribution < 1.29 is 9.53 Å². The molecule has 72 valence electrons. The van der Waals surface area contributed by atoms with Gasteiger partial charge in [-0.3, -0.25) is 4.79 Å². The molecule has 0 bridgehead atoms. The second kappa shape index (κ2) is 5.35. The van der Waals surface area contributed by atoms with Crippen molar-refractivity contribution in [3.05, 3.63) is 0 Å². The molecule has 0 amide bonds. The third kappa shape index (κ3) is 7.79. The first-order valence-electron chi connectivity index (χ1n) is 4.61. The van der Waals surface area contributed by atoms with E-state index in [0.717, 1.165) is 12.8 Å². The van der Waals surface area contributed by atoms with Gasteiger partial charge in [0.25, 0.3) is 0 Å². The van der Waals surface area contributed by atoms with Crippen LogP contribution in [0.15, 0.2) is 0 Å². The van der Waals surface area contributed by atoms with Gasteiger partial charge >= 0.3 is 5.97 Å². The summed E-state index contributed by atoms with van der Waals surface area (Å²) < 4.78 is 5.13. The maximum absolute atomic E-state index is 11.0. The molecule has 0 aromatic heterocycles. The first-order valence-corrected chi connectivity index (χ1v) is 8.32. The van der Waals surface area contributed by atoms with Crippen LogP contribution in [0, 0.1) is 0 Å². The van der Waals surface area contributed by atoms with E-state index in [4.69, 9.17) is 4.74 Å². The van der Waals surface area contributed by atoms with Crippen LogP contribution >= 0.6 is 0 Å². The van der Waals surface area contributed by atoms with E-state index in [-0.39, 0.29) is 5.97 Å². The number of esters is 1. The van der Waals surface area contributed by atoms with E-state index in [2.05, 4.69) is 26.6 Å². The predicted octanol–water partition coefficient (Wildman–Crippen LogP) is 2.60. The average molecular weight is 188 g/mol. The van der Waals surface area contributed by atoms with Gasteiger partial charge in [0.15, 0.2) is 0 Å². The van der Waals surface area contributed by atoms with E-state index in [9.17, 15) is 4.79 Å². The Morgan fingerprint density at radius 3 is 2.33 bits per heavy atom. The molecular formula is C9H20O2Si. The Labute approximate surface area is 76.3 Å². The number of carbonyl (C=O) groups excluding carboxylic acids is 1. The van der Waals surface area contributed by atoms with Crippen LogP contribution in [0.1, 0.15) is 26.2 Å². The topological polar surface area (TPSA) is 26.3 Å². The van der Waals surface area contributed by atoms with Gasteiger partial charge < -0.3 is 4.74 Å². The Balaban J connectivity index is 3.44. The molecule has 2 nitrogen and oxygen atoms in total. The summed E-state index contributed by atoms with van der Waals surface area (Å²) in [5, 5.41) is 0. The molecule has 0 radical (unpaired) electrons. The lowest BCUT2D eigenvalue weighted by molar-refractivity contribution is -0.141. The van der Waals surface area contributed by atoms with Crippen molar-refractivity contribution >= 4 is 14.0 Å². The Bertz CT molecular complexity index is 138. The van der Waals surface area contributed by atoms with Crippen LogP contribution in [-0.2, 0) is 9.53 Å². The lowest BCUT2D eigenvalue weighted by Crippen LogP contribution is -2.29. The molecule has 0 atom stereocenters. The summed E-state index contributed by atoms with van der Waals surface area (Å²) in [7, 11) is -1.20. The standard InChI is InChI=1S/C9H20O2Si/c1-5-6-7-9(10)11-8-12(2,3)4/h5-8H2,1-4H3. The second-order valence-corrected chi connectivity index (χ2v) is 9.73. The minimum Gasteiger partial charge on any atom is -0.469 e. The van der Waals surface area contributed by atoms with Crippen molar-refractivity contribution in [3.63, 3.8) is 0 Å². The van der Waals surface area contributed by atoms with E-state index in [1.54, 1.807) is 0 Å². The van der Waals surface area contributed by atoms with Crippen LogP contribution in [0.3, 0.4) is 0 Å². The summed E-state index contributed by atoms with van der Waals surface area (Å²) in [6.07, 6.45) is 3.25. The highest BCUT2D eigenvalue weighted by molar-refractivity contribution is 6.76. The Morgan fingerprint density at radius 2 is 1.92 bits per heavy atom. The minimum absolute atomic E-state index is 0.0284. The van der Waals surface area contributed by atoms with Crippen LogP contribution in [0.5, 0.6) is 0 Å². The zero-order chi connectivity index (χ0) is 9.61. The first-order chi connectivity index (χ1) is 5.45. The average Bonchev–Trinajstić information content (AvgIpc) is 1.95. The zero-order valence-electron chi connectivity index (χ0n) is 8.64. The normalized spacial score (nSPS) is 11.3. The zero-order valence-corrected chi connectivity index (χ0v) is 9.64. The molecule has 0 fully saturated rings. The maximum atomic E-state index is 11.0. The molecule has 0 saturated carbocycles. The van der Waals surface area contributed by atoms with Gasteiger partial charge in [-0.1, -0.05) is 33.0 Å². The predicted molar refractivity (Wildman–Crippen MR) is 53.8 cm³/mol. The van der Waals surface area contributed by atoms with Crippen LogP contribution < -0.4 is 0 Å². The lowest BCUT2D eigenvalue weighted by atomic mass is 10.3. The number of unbranched alkanes of at least 4 members (excludes halogenated alkanes) is 1. The summed E-state index contributed by atoms with van der Waals surface area (Å²) in [5.41, 5.74) is 0. The molecule has 0 aromatic carbocycles. The van der Waals surface area contributed by atoms with Gasteiger partial charge in [0.1, 0.15) is 0 Å². The van der Waals surface area contributed by atoms with Gasteiger partial charge in [-0.05, 0) is 6.42 Å². The summed E-state index contributed by atoms with van der Waals surface area (Å²) in [4.78, 5) is 11.0. The van der Waals surface area contributed by atoms with Crippen LogP contribution in [0.4, 0.5) is 0 Å². The fourth-order valence-electron chi connectivity index (χ4n) is 0.690. The summed E-state index contributed by atoms with van der Waals surface area (Å²) >= 11 is 0. The van der Waals surface area contributed by atoms with E-state index < -0.39 is 8.07 Å². The monoisotopic (exact) mass is 188 g/mol. The third-order valence-electron chi connectivity index (χ3n) is 1.40. The smallest absolute Gasteiger partial charge is 0.305 e. The molecule has 0 unspecified atom stereocenters. The van der Waals surface area contributed by atoms with Crippen LogP contribution in [0.2, 0.25) is 19.6 Å². The van der Waals surface area contributed by atoms with Crippen molar-refractivity contribution in [3.8, 4) is 0 Å². The van der Waals surface area contributed by atoms with Gasteiger partial charge in [-0.15, -0.1) is 0 Å². The van der Waals surface area contributed by atoms with Crippen molar-refractivity contribution in [2.24, 2.45) is 0 Å². The number of carbonyl (C=O) groups is 1. The number of ether oxygens (including phenoxy) is 1. The second-order valence-electron chi connectivity index (χ2n) is 4.32. The molecule has 0 aromatic rings. The molecule has 0 saturated heterocycles. The Kier molecular flexibility index (Phi) is 5.21. The molecule has 0 spiro atoms. The van der Waals surface area contributed by atoms with Gasteiger partial charge in [-0.25, -0.2) is 0 Å². The van der Waals surface area contributed by atoms with Crippen molar-refractivity contribution in [1.29, 1.82) is 0 Å². The minimum atomic E-state index is -1.20. The highest BCUT2D eigenvalue weighted by atomic mass is 28.3. The van der Waals surface area contributed by atoms with Crippen molar-refractivity contribution in [2.75, 3.05) is 6.23 Å². The largest absolute Gasteiger partial charge is 0.469 e. The van der Waals surface area contributed by atoms with E-state index in [1.807, 2.05) is 0 Å². The molecule has 0 aliphatic heterocycles. The van der Waals surface area contributed by atoms with E-state index in [0.29, 0.717) is 12.7 Å². The number of rotatable bonds is 5. The van der Waals surface area contributed by atoms with E-state index >= 15 is 0 Å². The number of hydrogen-bond donors (Lipinski definition) is 0. The quantitative estimate of drug-likeness (QED) is 0.489. The highest BCUT2D eigenvalue weighted by Crippen LogP contribution is 2.03. The molecule has 12 heavy (non-hydrogen) atoms. The molecule has 0 aliphatic rings. The Morgan fingerprint density at radius 1 is 1.33 bits per heavy atom. The fraction of sp³-hybridized carbons (Fsp3) is 0.889. The maximum Gasteiger partial charge on any atom is 0.305 e. The van der Waals surface area contributed by atoms with Crippen LogP contribution in [-0.4, -0.2) is 20.3 Å². The van der Waals surface area contributed by atoms with Crippen LogP contribution in [0.25, 0.3) is 0 Å². The SMILES string of the molecule is CCCCC(=O)OC[Si](C)(C)C. The summed E-state index contributed by atoms with van der Waals surface area (Å²) in [5.74, 6) is -0.0284. The molecule has 0 aliphatic carbocycles.